The van der Waals surface area contributed by atoms with E-state index in [0.717, 1.165) is 40.7 Å². The Morgan fingerprint density at radius 1 is 1.29 bits per heavy atom. The molecule has 0 aliphatic carbocycles. The van der Waals surface area contributed by atoms with E-state index in [2.05, 4.69) is 22.6 Å². The van der Waals surface area contributed by atoms with Crippen LogP contribution in [0.3, 0.4) is 0 Å². The lowest BCUT2D eigenvalue weighted by Crippen LogP contribution is -2.23. The molecule has 5 heteroatoms. The van der Waals surface area contributed by atoms with E-state index in [1.54, 1.807) is 25.6 Å². The minimum absolute atomic E-state index is 0.0219. The Labute approximate surface area is 130 Å². The molecular formula is C16H22N2O2S. The molecule has 1 N–H and O–H groups in total. The van der Waals surface area contributed by atoms with Crippen molar-refractivity contribution >= 4 is 11.3 Å². The van der Waals surface area contributed by atoms with E-state index in [1.807, 2.05) is 25.1 Å². The first-order chi connectivity index (χ1) is 10.2. The fourth-order valence-electron chi connectivity index (χ4n) is 2.19. The first-order valence-corrected chi connectivity index (χ1v) is 7.94. The van der Waals surface area contributed by atoms with Crippen LogP contribution in [0.4, 0.5) is 0 Å². The average Bonchev–Trinajstić information content (AvgIpc) is 2.93. The molecule has 0 saturated heterocycles. The topological polar surface area (TPSA) is 43.4 Å². The molecular weight excluding hydrogens is 284 g/mol. The van der Waals surface area contributed by atoms with Crippen LogP contribution in [0.15, 0.2) is 23.6 Å². The molecule has 1 aromatic carbocycles. The van der Waals surface area contributed by atoms with Crippen molar-refractivity contribution < 1.29 is 9.47 Å². The van der Waals surface area contributed by atoms with Gasteiger partial charge < -0.3 is 14.8 Å². The zero-order chi connectivity index (χ0) is 15.2. The Hall–Kier alpha value is -1.59. The molecule has 21 heavy (non-hydrogen) atoms. The van der Waals surface area contributed by atoms with Crippen molar-refractivity contribution in [3.63, 3.8) is 0 Å². The maximum atomic E-state index is 5.52. The number of aromatic nitrogens is 1. The number of benzene rings is 1. The number of thiazole rings is 1. The number of nitrogens with zero attached hydrogens (tertiary/aromatic N) is 1. The van der Waals surface area contributed by atoms with Crippen LogP contribution in [0.25, 0.3) is 0 Å². The molecule has 2 rings (SSSR count). The highest BCUT2D eigenvalue weighted by molar-refractivity contribution is 7.09. The second-order valence-electron chi connectivity index (χ2n) is 4.82. The molecule has 2 aromatic rings. The van der Waals surface area contributed by atoms with Gasteiger partial charge in [0.15, 0.2) is 0 Å². The molecule has 1 heterocycles. The van der Waals surface area contributed by atoms with Crippen LogP contribution in [0.1, 0.15) is 35.7 Å². The van der Waals surface area contributed by atoms with Gasteiger partial charge in [-0.25, -0.2) is 4.98 Å². The molecule has 1 aromatic heterocycles. The third-order valence-electron chi connectivity index (χ3n) is 3.23. The van der Waals surface area contributed by atoms with E-state index >= 15 is 0 Å². The van der Waals surface area contributed by atoms with Crippen LogP contribution >= 0.6 is 11.3 Å². The monoisotopic (exact) mass is 306 g/mol. The molecule has 0 aliphatic rings. The van der Waals surface area contributed by atoms with Crippen LogP contribution in [-0.4, -0.2) is 25.7 Å². The van der Waals surface area contributed by atoms with Crippen LogP contribution in [0.2, 0.25) is 0 Å². The predicted molar refractivity (Wildman–Crippen MR) is 86.5 cm³/mol. The third-order valence-corrected chi connectivity index (χ3v) is 4.26. The van der Waals surface area contributed by atoms with E-state index in [4.69, 9.17) is 9.47 Å². The van der Waals surface area contributed by atoms with Crippen LogP contribution in [0.5, 0.6) is 11.5 Å². The van der Waals surface area contributed by atoms with Crippen molar-refractivity contribution in [2.24, 2.45) is 0 Å². The summed E-state index contributed by atoms with van der Waals surface area (Å²) in [4.78, 5) is 4.63. The van der Waals surface area contributed by atoms with Gasteiger partial charge >= 0.3 is 0 Å². The van der Waals surface area contributed by atoms with Gasteiger partial charge in [-0.05, 0) is 38.1 Å². The van der Waals surface area contributed by atoms with E-state index in [9.17, 15) is 0 Å². The Bertz CT molecular complexity index is 583. The van der Waals surface area contributed by atoms with Crippen molar-refractivity contribution in [3.8, 4) is 11.5 Å². The predicted octanol–water partition coefficient (Wildman–Crippen LogP) is 3.56. The molecule has 0 radical (unpaired) electrons. The molecule has 1 atom stereocenters. The van der Waals surface area contributed by atoms with Crippen LogP contribution in [0, 0.1) is 6.92 Å². The van der Waals surface area contributed by atoms with Gasteiger partial charge in [-0.3, -0.25) is 0 Å². The lowest BCUT2D eigenvalue weighted by molar-refractivity contribution is 0.393. The lowest BCUT2D eigenvalue weighted by atomic mass is 10.1. The standard InChI is InChI=1S/C16H22N2O2S/c1-5-8-17-15(16-18-11(2)10-21-16)13-9-12(19-3)6-7-14(13)20-4/h6-7,9-10,15,17H,5,8H2,1-4H3. The molecule has 0 amide bonds. The smallest absolute Gasteiger partial charge is 0.124 e. The summed E-state index contributed by atoms with van der Waals surface area (Å²) in [6.07, 6.45) is 1.06. The molecule has 0 saturated carbocycles. The Kier molecular flexibility index (Phi) is 5.59. The molecule has 0 aliphatic heterocycles. The average molecular weight is 306 g/mol. The van der Waals surface area contributed by atoms with Gasteiger partial charge in [-0.15, -0.1) is 11.3 Å². The zero-order valence-corrected chi connectivity index (χ0v) is 13.8. The number of methoxy groups -OCH3 is 2. The highest BCUT2D eigenvalue weighted by Crippen LogP contribution is 2.34. The van der Waals surface area contributed by atoms with Gasteiger partial charge in [-0.1, -0.05) is 6.92 Å². The summed E-state index contributed by atoms with van der Waals surface area (Å²) in [5.41, 5.74) is 2.10. The fourth-order valence-corrected chi connectivity index (χ4v) is 3.08. The molecule has 0 bridgehead atoms. The Morgan fingerprint density at radius 2 is 2.10 bits per heavy atom. The Morgan fingerprint density at radius 3 is 2.67 bits per heavy atom. The van der Waals surface area contributed by atoms with Gasteiger partial charge in [0.05, 0.1) is 20.3 Å². The number of rotatable bonds is 7. The fraction of sp³-hybridized carbons (Fsp3) is 0.438. The van der Waals surface area contributed by atoms with Crippen molar-refractivity contribution in [2.75, 3.05) is 20.8 Å². The van der Waals surface area contributed by atoms with E-state index in [1.165, 1.54) is 0 Å². The number of ether oxygens (including phenoxy) is 2. The van der Waals surface area contributed by atoms with Gasteiger partial charge in [-0.2, -0.15) is 0 Å². The van der Waals surface area contributed by atoms with Crippen molar-refractivity contribution in [1.29, 1.82) is 0 Å². The van der Waals surface area contributed by atoms with Crippen LogP contribution in [-0.2, 0) is 0 Å². The lowest BCUT2D eigenvalue weighted by Gasteiger charge is -2.20. The minimum Gasteiger partial charge on any atom is -0.497 e. The molecule has 4 nitrogen and oxygen atoms in total. The zero-order valence-electron chi connectivity index (χ0n) is 13.0. The van der Waals surface area contributed by atoms with Gasteiger partial charge in [0.2, 0.25) is 0 Å². The van der Waals surface area contributed by atoms with Crippen LogP contribution < -0.4 is 14.8 Å². The quantitative estimate of drug-likeness (QED) is 0.849. The number of hydrogen-bond donors (Lipinski definition) is 1. The first kappa shape index (κ1) is 15.8. The SMILES string of the molecule is CCCNC(c1nc(C)cs1)c1cc(OC)ccc1OC. The van der Waals surface area contributed by atoms with Gasteiger partial charge in [0, 0.05) is 16.6 Å². The maximum absolute atomic E-state index is 5.52. The van der Waals surface area contributed by atoms with E-state index < -0.39 is 0 Å². The second kappa shape index (κ2) is 7.43. The summed E-state index contributed by atoms with van der Waals surface area (Å²) in [6.45, 7) is 5.09. The minimum atomic E-state index is 0.0219. The highest BCUT2D eigenvalue weighted by Gasteiger charge is 2.21. The normalized spacial score (nSPS) is 12.2. The molecule has 114 valence electrons. The van der Waals surface area contributed by atoms with E-state index in [0.29, 0.717) is 0 Å². The number of aryl methyl sites for hydroxylation is 1. The summed E-state index contributed by atoms with van der Waals surface area (Å²) < 4.78 is 10.9. The largest absolute Gasteiger partial charge is 0.497 e. The summed E-state index contributed by atoms with van der Waals surface area (Å²) in [5, 5.41) is 6.67. The maximum Gasteiger partial charge on any atom is 0.124 e. The van der Waals surface area contributed by atoms with Crippen molar-refractivity contribution in [3.05, 3.63) is 39.8 Å². The molecule has 1 unspecified atom stereocenters. The summed E-state index contributed by atoms with van der Waals surface area (Å²) in [7, 11) is 3.36. The highest BCUT2D eigenvalue weighted by atomic mass is 32.1. The van der Waals surface area contributed by atoms with Crippen molar-refractivity contribution in [1.82, 2.24) is 10.3 Å². The summed E-state index contributed by atoms with van der Waals surface area (Å²) >= 11 is 1.67. The second-order valence-corrected chi connectivity index (χ2v) is 5.71. The number of hydrogen-bond acceptors (Lipinski definition) is 5. The summed E-state index contributed by atoms with van der Waals surface area (Å²) in [5.74, 6) is 1.67. The molecule has 0 fully saturated rings. The third kappa shape index (κ3) is 3.74. The number of nitrogens with one attached hydrogen (secondary N) is 1. The van der Waals surface area contributed by atoms with Crippen molar-refractivity contribution in [2.45, 2.75) is 26.3 Å². The summed E-state index contributed by atoms with van der Waals surface area (Å²) in [6, 6.07) is 5.89. The Balaban J connectivity index is 2.44. The first-order valence-electron chi connectivity index (χ1n) is 7.07. The van der Waals surface area contributed by atoms with Gasteiger partial charge in [0.25, 0.3) is 0 Å². The van der Waals surface area contributed by atoms with E-state index in [-0.39, 0.29) is 6.04 Å². The van der Waals surface area contributed by atoms with Gasteiger partial charge in [0.1, 0.15) is 16.5 Å². The molecule has 0 spiro atoms.